The highest BCUT2D eigenvalue weighted by Crippen LogP contribution is 2.51. The minimum atomic E-state index is -0.0930. The molecule has 0 unspecified atom stereocenters. The number of hydrogen-bond donors (Lipinski definition) is 0. The zero-order chi connectivity index (χ0) is 28.0. The average Bonchev–Trinajstić information content (AvgIpc) is 3.36. The maximum absolute atomic E-state index is 7.09. The van der Waals surface area contributed by atoms with E-state index in [1.165, 1.54) is 59.7 Å². The van der Waals surface area contributed by atoms with Crippen LogP contribution in [0, 0.1) is 6.92 Å². The normalized spacial score (nSPS) is 19.2. The Kier molecular flexibility index (Phi) is 7.23. The third-order valence-electron chi connectivity index (χ3n) is 8.55. The number of aromatic nitrogens is 1. The van der Waals surface area contributed by atoms with Gasteiger partial charge in [0.1, 0.15) is 11.7 Å². The van der Waals surface area contributed by atoms with E-state index >= 15 is 0 Å². The van der Waals surface area contributed by atoms with Crippen LogP contribution in [0.15, 0.2) is 94.7 Å². The van der Waals surface area contributed by atoms with Crippen molar-refractivity contribution in [2.45, 2.75) is 58.8 Å². The lowest BCUT2D eigenvalue weighted by atomic mass is 9.81. The smallest absolute Gasteiger partial charge is 0.262 e. The summed E-state index contributed by atoms with van der Waals surface area (Å²) in [5.74, 6) is 0. The highest BCUT2D eigenvalue weighted by atomic mass is 35.5. The lowest BCUT2D eigenvalue weighted by molar-refractivity contribution is -0.642. The number of halogens is 1. The van der Waals surface area contributed by atoms with E-state index in [1.54, 1.807) is 0 Å². The number of thiazole rings is 1. The van der Waals surface area contributed by atoms with Gasteiger partial charge in [-0.15, -0.1) is 0 Å². The minimum Gasteiger partial charge on any atom is -0.344 e. The van der Waals surface area contributed by atoms with Crippen molar-refractivity contribution in [3.63, 3.8) is 0 Å². The van der Waals surface area contributed by atoms with Crippen molar-refractivity contribution < 1.29 is 4.57 Å². The minimum absolute atomic E-state index is 0.0930. The first-order chi connectivity index (χ1) is 19.3. The van der Waals surface area contributed by atoms with E-state index in [0.717, 1.165) is 37.3 Å². The maximum atomic E-state index is 7.09. The first kappa shape index (κ1) is 27.1. The molecule has 4 aromatic rings. The van der Waals surface area contributed by atoms with Crippen molar-refractivity contribution in [1.82, 2.24) is 0 Å². The zero-order valence-electron chi connectivity index (χ0n) is 24.2. The van der Waals surface area contributed by atoms with Gasteiger partial charge in [0.05, 0.1) is 0 Å². The van der Waals surface area contributed by atoms with Crippen LogP contribution in [0.3, 0.4) is 0 Å². The Hall–Kier alpha value is -3.14. The molecule has 0 bridgehead atoms. The van der Waals surface area contributed by atoms with Gasteiger partial charge in [-0.3, -0.25) is 0 Å². The topological polar surface area (TPSA) is 7.12 Å². The first-order valence-electron chi connectivity index (χ1n) is 14.5. The van der Waals surface area contributed by atoms with E-state index in [2.05, 4.69) is 123 Å². The number of benzene rings is 3. The SMILES string of the molecule is CCCN1/C(=C/C=C2\CCCC(/C=C/c3sc4cc(C)ccc4[n+]3C)=C2Cl)C(C)(C)c2c1ccc1ccccc21. The summed E-state index contributed by atoms with van der Waals surface area (Å²) in [4.78, 5) is 2.53. The molecular weight excluding hydrogens is 528 g/mol. The second-order valence-electron chi connectivity index (χ2n) is 11.7. The van der Waals surface area contributed by atoms with Crippen LogP contribution >= 0.6 is 22.9 Å². The second-order valence-corrected chi connectivity index (χ2v) is 13.1. The monoisotopic (exact) mass is 565 g/mol. The van der Waals surface area contributed by atoms with Gasteiger partial charge in [0.2, 0.25) is 5.52 Å². The van der Waals surface area contributed by atoms with Crippen molar-refractivity contribution in [1.29, 1.82) is 0 Å². The molecule has 0 saturated carbocycles. The Bertz CT molecular complexity index is 1750. The molecule has 0 spiro atoms. The van der Waals surface area contributed by atoms with Gasteiger partial charge in [-0.05, 0) is 83.9 Å². The largest absolute Gasteiger partial charge is 0.344 e. The van der Waals surface area contributed by atoms with Crippen molar-refractivity contribution in [3.8, 4) is 0 Å². The fourth-order valence-electron chi connectivity index (χ4n) is 6.49. The number of anilines is 1. The predicted octanol–water partition coefficient (Wildman–Crippen LogP) is 9.90. The Morgan fingerprint density at radius 3 is 2.67 bits per heavy atom. The number of aryl methyl sites for hydroxylation is 2. The summed E-state index contributed by atoms with van der Waals surface area (Å²) < 4.78 is 3.60. The number of rotatable bonds is 5. The molecule has 2 aliphatic rings. The number of nitrogens with zero attached hydrogens (tertiary/aromatic N) is 2. The first-order valence-corrected chi connectivity index (χ1v) is 15.7. The summed E-state index contributed by atoms with van der Waals surface area (Å²) >= 11 is 8.93. The molecule has 0 fully saturated rings. The van der Waals surface area contributed by atoms with Crippen LogP contribution in [0.5, 0.6) is 0 Å². The van der Waals surface area contributed by atoms with E-state index < -0.39 is 0 Å². The van der Waals surface area contributed by atoms with Crippen LogP contribution in [0.1, 0.15) is 62.6 Å². The van der Waals surface area contributed by atoms with Gasteiger partial charge in [-0.1, -0.05) is 92.3 Å². The molecule has 40 heavy (non-hydrogen) atoms. The number of fused-ring (bicyclic) bond motifs is 4. The molecule has 6 rings (SSSR count). The number of hydrogen-bond acceptors (Lipinski definition) is 2. The van der Waals surface area contributed by atoms with E-state index in [4.69, 9.17) is 11.6 Å². The molecule has 2 heterocycles. The van der Waals surface area contributed by atoms with E-state index in [0.29, 0.717) is 0 Å². The lowest BCUT2D eigenvalue weighted by Gasteiger charge is -2.27. The molecular formula is C36H38ClN2S+. The molecule has 1 aliphatic carbocycles. The fourth-order valence-corrected chi connectivity index (χ4v) is 7.95. The number of allylic oxidation sites excluding steroid dienone is 7. The standard InChI is InChI=1S/C36H38ClN2S/c1-6-22-39-30-19-15-25-10-7-8-13-28(25)34(30)36(3,4)32(39)20-16-26-11-9-12-27(35(26)37)17-21-33-38(5)29-18-14-24(2)23-31(29)40-33/h7-8,10,13-21,23H,6,9,11-12,22H2,1-5H3/q+1. The van der Waals surface area contributed by atoms with Crippen LogP contribution in [0.25, 0.3) is 27.1 Å². The van der Waals surface area contributed by atoms with E-state index in [1.807, 2.05) is 11.3 Å². The highest BCUT2D eigenvalue weighted by Gasteiger charge is 2.40. The predicted molar refractivity (Wildman–Crippen MR) is 174 cm³/mol. The summed E-state index contributed by atoms with van der Waals surface area (Å²) in [6.07, 6.45) is 13.4. The second kappa shape index (κ2) is 10.7. The Morgan fingerprint density at radius 1 is 1.02 bits per heavy atom. The summed E-state index contributed by atoms with van der Waals surface area (Å²) in [7, 11) is 2.15. The molecule has 1 aliphatic heterocycles. The van der Waals surface area contributed by atoms with Crippen LogP contribution in [0.4, 0.5) is 5.69 Å². The van der Waals surface area contributed by atoms with E-state index in [9.17, 15) is 0 Å². The molecule has 0 radical (unpaired) electrons. The Balaban J connectivity index is 1.36. The van der Waals surface area contributed by atoms with Crippen LogP contribution < -0.4 is 9.47 Å². The van der Waals surface area contributed by atoms with Crippen LogP contribution in [0.2, 0.25) is 0 Å². The molecule has 3 aromatic carbocycles. The van der Waals surface area contributed by atoms with E-state index in [-0.39, 0.29) is 5.41 Å². The van der Waals surface area contributed by atoms with Gasteiger partial charge < -0.3 is 4.90 Å². The van der Waals surface area contributed by atoms with Crippen LogP contribution in [-0.4, -0.2) is 6.54 Å². The van der Waals surface area contributed by atoms with Gasteiger partial charge in [0.15, 0.2) is 0 Å². The summed E-state index contributed by atoms with van der Waals surface area (Å²) in [5, 5.41) is 4.82. The quantitative estimate of drug-likeness (QED) is 0.218. The third-order valence-corrected chi connectivity index (χ3v) is 10.2. The van der Waals surface area contributed by atoms with Gasteiger partial charge >= 0.3 is 0 Å². The van der Waals surface area contributed by atoms with Crippen molar-refractivity contribution >= 4 is 55.7 Å². The molecule has 0 saturated heterocycles. The molecule has 0 N–H and O–H groups in total. The van der Waals surface area contributed by atoms with Gasteiger partial charge in [0.25, 0.3) is 5.01 Å². The summed E-state index contributed by atoms with van der Waals surface area (Å²) in [5.41, 5.74) is 9.08. The molecule has 4 heteroatoms. The van der Waals surface area contributed by atoms with Gasteiger partial charge in [-0.25, -0.2) is 0 Å². The summed E-state index contributed by atoms with van der Waals surface area (Å²) in [6, 6.07) is 20.0. The third kappa shape index (κ3) is 4.63. The van der Waals surface area contributed by atoms with Gasteiger partial charge in [-0.2, -0.15) is 4.57 Å². The van der Waals surface area contributed by atoms with Crippen molar-refractivity contribution in [3.05, 3.63) is 111 Å². The zero-order valence-corrected chi connectivity index (χ0v) is 25.8. The molecule has 2 nitrogen and oxygen atoms in total. The molecule has 204 valence electrons. The van der Waals surface area contributed by atoms with Crippen LogP contribution in [-0.2, 0) is 12.5 Å². The molecule has 1 aromatic heterocycles. The average molecular weight is 566 g/mol. The Morgan fingerprint density at radius 2 is 1.85 bits per heavy atom. The molecule has 0 atom stereocenters. The highest BCUT2D eigenvalue weighted by molar-refractivity contribution is 7.18. The maximum Gasteiger partial charge on any atom is 0.262 e. The lowest BCUT2D eigenvalue weighted by Crippen LogP contribution is -2.28. The molecule has 0 amide bonds. The van der Waals surface area contributed by atoms with Crippen molar-refractivity contribution in [2.75, 3.05) is 11.4 Å². The Labute approximate surface area is 247 Å². The van der Waals surface area contributed by atoms with Crippen molar-refractivity contribution in [2.24, 2.45) is 7.05 Å². The van der Waals surface area contributed by atoms with Gasteiger partial charge in [0, 0.05) is 40.5 Å². The summed E-state index contributed by atoms with van der Waals surface area (Å²) in [6.45, 7) is 10.2. The fraction of sp³-hybridized carbons (Fsp3) is 0.306.